The summed E-state index contributed by atoms with van der Waals surface area (Å²) in [6.45, 7) is 1.78. The highest BCUT2D eigenvalue weighted by Gasteiger charge is 2.43. The Morgan fingerprint density at radius 2 is 1.74 bits per heavy atom. The van der Waals surface area contributed by atoms with Crippen LogP contribution in [0.4, 0.5) is 0 Å². The van der Waals surface area contributed by atoms with Crippen molar-refractivity contribution < 1.29 is 32.3 Å². The zero-order chi connectivity index (χ0) is 19.4. The smallest absolute Gasteiger partial charge is 0.297 e. The molecule has 2 aromatic rings. The predicted octanol–water partition coefficient (Wildman–Crippen LogP) is 1.36. The number of hydrogen-bond acceptors (Lipinski definition) is 7. The van der Waals surface area contributed by atoms with Crippen LogP contribution in [0.15, 0.2) is 59.5 Å². The van der Waals surface area contributed by atoms with Crippen LogP contribution in [0.25, 0.3) is 0 Å². The third-order valence-electron chi connectivity index (χ3n) is 4.23. The molecular formula is C19H22O7S. The van der Waals surface area contributed by atoms with E-state index >= 15 is 0 Å². The van der Waals surface area contributed by atoms with Crippen molar-refractivity contribution in [3.63, 3.8) is 0 Å². The van der Waals surface area contributed by atoms with Gasteiger partial charge in [0.05, 0.1) is 18.1 Å². The first-order valence-electron chi connectivity index (χ1n) is 8.50. The van der Waals surface area contributed by atoms with Crippen molar-refractivity contribution in [2.75, 3.05) is 6.61 Å². The molecule has 0 radical (unpaired) electrons. The molecule has 0 spiro atoms. The lowest BCUT2D eigenvalue weighted by Crippen LogP contribution is -2.55. The second-order valence-electron chi connectivity index (χ2n) is 6.38. The van der Waals surface area contributed by atoms with E-state index in [1.165, 1.54) is 12.1 Å². The summed E-state index contributed by atoms with van der Waals surface area (Å²) in [5.41, 5.74) is 1.75. The van der Waals surface area contributed by atoms with E-state index in [9.17, 15) is 18.6 Å². The fourth-order valence-electron chi connectivity index (χ4n) is 2.67. The topological polar surface area (TPSA) is 102 Å². The van der Waals surface area contributed by atoms with Crippen molar-refractivity contribution >= 4 is 10.1 Å². The number of ether oxygens (including phenoxy) is 2. The van der Waals surface area contributed by atoms with E-state index in [2.05, 4.69) is 0 Å². The van der Waals surface area contributed by atoms with Gasteiger partial charge in [0.25, 0.3) is 10.1 Å². The van der Waals surface area contributed by atoms with E-state index < -0.39 is 34.7 Å². The molecule has 2 aromatic carbocycles. The van der Waals surface area contributed by atoms with Gasteiger partial charge in [-0.2, -0.15) is 8.42 Å². The second-order valence-corrected chi connectivity index (χ2v) is 7.96. The molecule has 7 nitrogen and oxygen atoms in total. The molecule has 8 heteroatoms. The van der Waals surface area contributed by atoms with E-state index in [0.29, 0.717) is 0 Å². The molecule has 0 aliphatic carbocycles. The van der Waals surface area contributed by atoms with Gasteiger partial charge in [0, 0.05) is 0 Å². The number of benzene rings is 2. The number of rotatable bonds is 6. The average molecular weight is 394 g/mol. The first-order chi connectivity index (χ1) is 12.9. The highest BCUT2D eigenvalue weighted by atomic mass is 32.2. The molecule has 2 N–H and O–H groups in total. The Bertz CT molecular complexity index is 836. The van der Waals surface area contributed by atoms with E-state index in [0.717, 1.165) is 11.1 Å². The molecule has 3 rings (SSSR count). The number of aliphatic hydroxyl groups is 2. The maximum Gasteiger partial charge on any atom is 0.297 e. The monoisotopic (exact) mass is 394 g/mol. The second kappa shape index (κ2) is 8.47. The van der Waals surface area contributed by atoms with Gasteiger partial charge in [-0.15, -0.1) is 0 Å². The van der Waals surface area contributed by atoms with Crippen molar-refractivity contribution in [2.45, 2.75) is 43.0 Å². The lowest BCUT2D eigenvalue weighted by molar-refractivity contribution is -0.266. The normalized spacial score (nSPS) is 26.0. The van der Waals surface area contributed by atoms with Crippen molar-refractivity contribution in [1.29, 1.82) is 0 Å². The van der Waals surface area contributed by atoms with Crippen LogP contribution in [0.3, 0.4) is 0 Å². The van der Waals surface area contributed by atoms with Crippen LogP contribution in [0, 0.1) is 6.92 Å². The Hall–Kier alpha value is -1.81. The maximum absolute atomic E-state index is 12.6. The summed E-state index contributed by atoms with van der Waals surface area (Å²) in [7, 11) is -4.18. The van der Waals surface area contributed by atoms with Crippen LogP contribution < -0.4 is 0 Å². The minimum atomic E-state index is -4.18. The standard InChI is InChI=1S/C19H22O7S/c1-13-7-9-15(10-8-13)27(22,23)26-18-17(21)16(20)12-25-19(18)24-11-14-5-3-2-4-6-14/h2-10,16-21H,11-12H2,1H3/t16-,17+,18+,19-/m1/s1. The molecule has 1 heterocycles. The van der Waals surface area contributed by atoms with Crippen LogP contribution in [0.5, 0.6) is 0 Å². The van der Waals surface area contributed by atoms with E-state index in [-0.39, 0.29) is 18.1 Å². The highest BCUT2D eigenvalue weighted by Crippen LogP contribution is 2.25. The Morgan fingerprint density at radius 3 is 2.41 bits per heavy atom. The van der Waals surface area contributed by atoms with Gasteiger partial charge in [-0.05, 0) is 24.6 Å². The van der Waals surface area contributed by atoms with Crippen molar-refractivity contribution in [1.82, 2.24) is 0 Å². The first-order valence-corrected chi connectivity index (χ1v) is 9.91. The van der Waals surface area contributed by atoms with Gasteiger partial charge in [0.15, 0.2) is 12.4 Å². The van der Waals surface area contributed by atoms with E-state index in [1.54, 1.807) is 12.1 Å². The molecule has 1 aliphatic heterocycles. The van der Waals surface area contributed by atoms with Crippen LogP contribution in [-0.4, -0.2) is 49.8 Å². The van der Waals surface area contributed by atoms with Crippen molar-refractivity contribution in [3.8, 4) is 0 Å². The molecule has 27 heavy (non-hydrogen) atoms. The van der Waals surface area contributed by atoms with Crippen molar-refractivity contribution in [2.24, 2.45) is 0 Å². The lowest BCUT2D eigenvalue weighted by atomic mass is 10.1. The Labute approximate surface area is 158 Å². The van der Waals surface area contributed by atoms with E-state index in [1.807, 2.05) is 37.3 Å². The maximum atomic E-state index is 12.6. The summed E-state index contributed by atoms with van der Waals surface area (Å²) in [5, 5.41) is 20.1. The van der Waals surface area contributed by atoms with Crippen LogP contribution >= 0.6 is 0 Å². The van der Waals surface area contributed by atoms with E-state index in [4.69, 9.17) is 13.7 Å². The number of aryl methyl sites for hydroxylation is 1. The SMILES string of the molecule is Cc1ccc(S(=O)(=O)O[C@@H]2[C@H](OCc3ccccc3)OC[C@@H](O)[C@@H]2O)cc1. The third-order valence-corrected chi connectivity index (χ3v) is 5.56. The zero-order valence-corrected chi connectivity index (χ0v) is 15.6. The molecule has 1 aliphatic rings. The quantitative estimate of drug-likeness (QED) is 0.713. The predicted molar refractivity (Wildman–Crippen MR) is 96.2 cm³/mol. The van der Waals surface area contributed by atoms with Gasteiger partial charge < -0.3 is 19.7 Å². The van der Waals surface area contributed by atoms with Gasteiger partial charge in [0.1, 0.15) is 12.2 Å². The largest absolute Gasteiger partial charge is 0.388 e. The molecule has 0 unspecified atom stereocenters. The summed E-state index contributed by atoms with van der Waals surface area (Å²) in [5.74, 6) is 0. The molecule has 1 fully saturated rings. The van der Waals surface area contributed by atoms with Crippen LogP contribution in [0.2, 0.25) is 0 Å². The highest BCUT2D eigenvalue weighted by molar-refractivity contribution is 7.86. The van der Waals surface area contributed by atoms with Crippen molar-refractivity contribution in [3.05, 3.63) is 65.7 Å². The summed E-state index contributed by atoms with van der Waals surface area (Å²) < 4.78 is 41.3. The van der Waals surface area contributed by atoms with Crippen LogP contribution in [-0.2, 0) is 30.4 Å². The Kier molecular flexibility index (Phi) is 6.25. The van der Waals surface area contributed by atoms with Gasteiger partial charge >= 0.3 is 0 Å². The molecule has 0 bridgehead atoms. The van der Waals surface area contributed by atoms with Gasteiger partial charge in [0.2, 0.25) is 0 Å². The third kappa shape index (κ3) is 4.92. The molecule has 0 saturated carbocycles. The molecule has 0 amide bonds. The summed E-state index contributed by atoms with van der Waals surface area (Å²) in [6, 6.07) is 15.3. The lowest BCUT2D eigenvalue weighted by Gasteiger charge is -2.37. The molecule has 4 atom stereocenters. The average Bonchev–Trinajstić information content (AvgIpc) is 2.66. The summed E-state index contributed by atoms with van der Waals surface area (Å²) in [6.07, 6.45) is -5.30. The molecule has 146 valence electrons. The molecular weight excluding hydrogens is 372 g/mol. The van der Waals surface area contributed by atoms with Crippen LogP contribution in [0.1, 0.15) is 11.1 Å². The Balaban J connectivity index is 1.76. The minimum absolute atomic E-state index is 0.0535. The zero-order valence-electron chi connectivity index (χ0n) is 14.8. The van der Waals surface area contributed by atoms with Gasteiger partial charge in [-0.25, -0.2) is 0 Å². The van der Waals surface area contributed by atoms with Gasteiger partial charge in [-0.3, -0.25) is 4.18 Å². The minimum Gasteiger partial charge on any atom is -0.388 e. The summed E-state index contributed by atoms with van der Waals surface area (Å²) >= 11 is 0. The number of hydrogen-bond donors (Lipinski definition) is 2. The Morgan fingerprint density at radius 1 is 1.07 bits per heavy atom. The fraction of sp³-hybridized carbons (Fsp3) is 0.368. The summed E-state index contributed by atoms with van der Waals surface area (Å²) in [4.78, 5) is -0.0535. The molecule has 0 aromatic heterocycles. The van der Waals surface area contributed by atoms with Gasteiger partial charge in [-0.1, -0.05) is 48.0 Å². The number of aliphatic hydroxyl groups excluding tert-OH is 2. The first kappa shape index (κ1) is 19.9. The molecule has 1 saturated heterocycles. The fourth-order valence-corrected chi connectivity index (χ4v) is 3.75.